The maximum atomic E-state index is 12.4. The van der Waals surface area contributed by atoms with E-state index in [0.717, 1.165) is 19.3 Å². The van der Waals surface area contributed by atoms with Gasteiger partial charge in [0.1, 0.15) is 0 Å². The van der Waals surface area contributed by atoms with Crippen molar-refractivity contribution in [2.45, 2.75) is 53.4 Å². The summed E-state index contributed by atoms with van der Waals surface area (Å²) in [6.45, 7) is 19.9. The first-order valence-electron chi connectivity index (χ1n) is 9.54. The summed E-state index contributed by atoms with van der Waals surface area (Å²) >= 11 is 0. The lowest BCUT2D eigenvalue weighted by atomic mass is 9.95. The van der Waals surface area contributed by atoms with Crippen LogP contribution in [-0.4, -0.2) is 54.1 Å². The first kappa shape index (κ1) is 24.8. The van der Waals surface area contributed by atoms with Crippen LogP contribution >= 0.6 is 0 Å². The number of hydrogen-bond donors (Lipinski definition) is 0. The second-order valence-electron chi connectivity index (χ2n) is 7.47. The Kier molecular flexibility index (Phi) is 11.3. The predicted octanol–water partition coefficient (Wildman–Crippen LogP) is 3.77. The van der Waals surface area contributed by atoms with E-state index < -0.39 is 0 Å². The minimum Gasteiger partial charge on any atom is -0.342 e. The molecular weight excluding hydrogens is 340 g/mol. The third-order valence-corrected chi connectivity index (χ3v) is 4.47. The van der Waals surface area contributed by atoms with Gasteiger partial charge in [-0.25, -0.2) is 0 Å². The van der Waals surface area contributed by atoms with E-state index in [9.17, 15) is 14.4 Å². The fourth-order valence-electron chi connectivity index (χ4n) is 2.82. The molecule has 27 heavy (non-hydrogen) atoms. The summed E-state index contributed by atoms with van der Waals surface area (Å²) in [4.78, 5) is 39.5. The molecule has 0 aromatic rings. The summed E-state index contributed by atoms with van der Waals surface area (Å²) in [5.41, 5.74) is 1.60. The fourth-order valence-corrected chi connectivity index (χ4v) is 2.82. The fraction of sp³-hybridized carbons (Fsp3) is 0.591. The molecule has 0 aliphatic carbocycles. The molecule has 0 saturated carbocycles. The van der Waals surface area contributed by atoms with Gasteiger partial charge in [0, 0.05) is 43.7 Å². The number of unbranched alkanes of at least 4 members (excludes halogenated alkanes) is 1. The molecule has 0 N–H and O–H groups in total. The molecule has 0 aromatic carbocycles. The zero-order valence-electron chi connectivity index (χ0n) is 17.8. The van der Waals surface area contributed by atoms with E-state index in [1.165, 1.54) is 0 Å². The Morgan fingerprint density at radius 3 is 1.78 bits per heavy atom. The lowest BCUT2D eigenvalue weighted by molar-refractivity contribution is -0.127. The Bertz CT molecular complexity index is 592. The molecule has 0 rings (SSSR count). The van der Waals surface area contributed by atoms with Gasteiger partial charge in [-0.1, -0.05) is 33.1 Å². The molecule has 2 amide bonds. The summed E-state index contributed by atoms with van der Waals surface area (Å²) in [7, 11) is 1.74. The molecule has 152 valence electrons. The molecular formula is C22H36N2O3. The highest BCUT2D eigenvalue weighted by Gasteiger charge is 2.16. The van der Waals surface area contributed by atoms with E-state index in [2.05, 4.69) is 19.7 Å². The molecule has 5 nitrogen and oxygen atoms in total. The number of carbonyl (C=O) groups excluding carboxylic acids is 3. The molecule has 5 heteroatoms. The van der Waals surface area contributed by atoms with Crippen LogP contribution in [0, 0.1) is 5.92 Å². The van der Waals surface area contributed by atoms with Crippen LogP contribution in [0.4, 0.5) is 0 Å². The van der Waals surface area contributed by atoms with Crippen LogP contribution in [0.3, 0.4) is 0 Å². The van der Waals surface area contributed by atoms with Gasteiger partial charge in [0.2, 0.25) is 11.8 Å². The van der Waals surface area contributed by atoms with Crippen molar-refractivity contribution >= 4 is 17.6 Å². The largest absolute Gasteiger partial charge is 0.342 e. The van der Waals surface area contributed by atoms with Crippen LogP contribution in [0.2, 0.25) is 0 Å². The molecule has 0 saturated heterocycles. The molecule has 0 heterocycles. The van der Waals surface area contributed by atoms with Gasteiger partial charge < -0.3 is 9.80 Å². The number of allylic oxidation sites excluding steroid dienone is 1. The molecule has 0 aliphatic rings. The normalized spacial score (nSPS) is 11.4. The van der Waals surface area contributed by atoms with Gasteiger partial charge in [-0.05, 0) is 45.6 Å². The number of nitrogens with zero attached hydrogens (tertiary/aromatic N) is 2. The van der Waals surface area contributed by atoms with Crippen LogP contribution in [0.25, 0.3) is 0 Å². The van der Waals surface area contributed by atoms with Crippen LogP contribution in [-0.2, 0) is 14.4 Å². The van der Waals surface area contributed by atoms with Gasteiger partial charge in [0.05, 0.1) is 0 Å². The maximum absolute atomic E-state index is 12.4. The molecule has 0 aliphatic heterocycles. The second-order valence-corrected chi connectivity index (χ2v) is 7.47. The SMILES string of the molecule is C=C(C)C(=O)C(C)CCCCN(CCCN(C)C(=O)C(=C)C)C(=O)C(=C)C. The number of likely N-dealkylation sites (N-methyl/N-ethyl adjacent to an activating group) is 1. The summed E-state index contributed by atoms with van der Waals surface area (Å²) in [6, 6.07) is 0. The third kappa shape index (κ3) is 9.36. The standard InChI is InChI=1S/C22H36N2O3/c1-16(2)20(25)19(7)12-9-10-14-24(22(27)18(5)6)15-11-13-23(8)21(26)17(3)4/h19H,1,3,5,9-15H2,2,4,6-8H3. The number of hydrogen-bond acceptors (Lipinski definition) is 3. The first-order chi connectivity index (χ1) is 12.5. The van der Waals surface area contributed by atoms with Gasteiger partial charge >= 0.3 is 0 Å². The maximum Gasteiger partial charge on any atom is 0.248 e. The van der Waals surface area contributed by atoms with E-state index >= 15 is 0 Å². The smallest absolute Gasteiger partial charge is 0.248 e. The van der Waals surface area contributed by atoms with Crippen LogP contribution in [0.5, 0.6) is 0 Å². The van der Waals surface area contributed by atoms with Crippen molar-refractivity contribution < 1.29 is 14.4 Å². The average Bonchev–Trinajstić information content (AvgIpc) is 2.60. The number of amides is 2. The van der Waals surface area contributed by atoms with Crippen LogP contribution < -0.4 is 0 Å². The average molecular weight is 377 g/mol. The molecule has 0 radical (unpaired) electrons. The lowest BCUT2D eigenvalue weighted by Gasteiger charge is -2.25. The van der Waals surface area contributed by atoms with Crippen LogP contribution in [0.1, 0.15) is 53.4 Å². The quantitative estimate of drug-likeness (QED) is 0.363. The summed E-state index contributed by atoms with van der Waals surface area (Å²) in [6.07, 6.45) is 3.18. The topological polar surface area (TPSA) is 57.7 Å². The minimum absolute atomic E-state index is 0.0328. The van der Waals surface area contributed by atoms with E-state index in [4.69, 9.17) is 0 Å². The van der Waals surface area contributed by atoms with Crippen molar-refractivity contribution in [2.24, 2.45) is 5.92 Å². The van der Waals surface area contributed by atoms with Gasteiger partial charge in [0.15, 0.2) is 5.78 Å². The Balaban J connectivity index is 4.50. The van der Waals surface area contributed by atoms with Gasteiger partial charge in [0.25, 0.3) is 0 Å². The molecule has 1 unspecified atom stereocenters. The third-order valence-electron chi connectivity index (χ3n) is 4.47. The van der Waals surface area contributed by atoms with Crippen molar-refractivity contribution in [1.82, 2.24) is 9.80 Å². The highest BCUT2D eigenvalue weighted by atomic mass is 16.2. The molecule has 0 fully saturated rings. The predicted molar refractivity (Wildman–Crippen MR) is 111 cm³/mol. The first-order valence-corrected chi connectivity index (χ1v) is 9.54. The Morgan fingerprint density at radius 2 is 1.30 bits per heavy atom. The zero-order chi connectivity index (χ0) is 21.1. The Labute approximate surface area is 164 Å². The van der Waals surface area contributed by atoms with Gasteiger partial charge in [-0.2, -0.15) is 0 Å². The molecule has 0 spiro atoms. The van der Waals surface area contributed by atoms with E-state index in [1.807, 2.05) is 6.92 Å². The number of carbonyl (C=O) groups is 3. The van der Waals surface area contributed by atoms with E-state index in [1.54, 1.807) is 37.6 Å². The highest BCUT2D eigenvalue weighted by Crippen LogP contribution is 2.14. The van der Waals surface area contributed by atoms with Gasteiger partial charge in [-0.15, -0.1) is 0 Å². The van der Waals surface area contributed by atoms with E-state index in [0.29, 0.717) is 42.8 Å². The van der Waals surface area contributed by atoms with E-state index in [-0.39, 0.29) is 23.5 Å². The zero-order valence-corrected chi connectivity index (χ0v) is 17.8. The second kappa shape index (κ2) is 12.3. The van der Waals surface area contributed by atoms with Crippen molar-refractivity contribution in [3.63, 3.8) is 0 Å². The number of ketones is 1. The van der Waals surface area contributed by atoms with Crippen molar-refractivity contribution in [3.8, 4) is 0 Å². The minimum atomic E-state index is -0.0797. The Hall–Kier alpha value is -2.17. The number of Topliss-reactive ketones (excluding diaryl/α,β-unsaturated/α-hetero) is 1. The number of rotatable bonds is 13. The van der Waals surface area contributed by atoms with Crippen molar-refractivity contribution in [2.75, 3.05) is 26.7 Å². The summed E-state index contributed by atoms with van der Waals surface area (Å²) in [5.74, 6) is -0.0661. The monoisotopic (exact) mass is 376 g/mol. The molecule has 0 bridgehead atoms. The Morgan fingerprint density at radius 1 is 0.778 bits per heavy atom. The van der Waals surface area contributed by atoms with Gasteiger partial charge in [-0.3, -0.25) is 14.4 Å². The van der Waals surface area contributed by atoms with Crippen molar-refractivity contribution in [3.05, 3.63) is 36.5 Å². The summed E-state index contributed by atoms with van der Waals surface area (Å²) in [5, 5.41) is 0. The molecule has 0 aromatic heterocycles. The highest BCUT2D eigenvalue weighted by molar-refractivity contribution is 5.95. The summed E-state index contributed by atoms with van der Waals surface area (Å²) < 4.78 is 0. The van der Waals surface area contributed by atoms with Crippen molar-refractivity contribution in [1.29, 1.82) is 0 Å². The molecule has 1 atom stereocenters. The van der Waals surface area contributed by atoms with Crippen LogP contribution in [0.15, 0.2) is 36.5 Å². The lowest BCUT2D eigenvalue weighted by Crippen LogP contribution is -2.36.